The van der Waals surface area contributed by atoms with Crippen molar-refractivity contribution in [3.63, 3.8) is 0 Å². The van der Waals surface area contributed by atoms with Crippen molar-refractivity contribution in [2.24, 2.45) is 11.8 Å². The lowest BCUT2D eigenvalue weighted by atomic mass is 10.0. The molecule has 3 heterocycles. The average Bonchev–Trinajstić information content (AvgIpc) is 3.49. The second kappa shape index (κ2) is 9.07. The quantitative estimate of drug-likeness (QED) is 0.648. The van der Waals surface area contributed by atoms with Gasteiger partial charge in [0.15, 0.2) is 5.82 Å². The van der Waals surface area contributed by atoms with Crippen LogP contribution in [0, 0.1) is 11.8 Å². The van der Waals surface area contributed by atoms with Gasteiger partial charge < -0.3 is 15.0 Å². The Labute approximate surface area is 192 Å². The van der Waals surface area contributed by atoms with Crippen LogP contribution in [0.5, 0.6) is 11.5 Å². The van der Waals surface area contributed by atoms with Crippen molar-refractivity contribution >= 4 is 17.8 Å². The number of likely N-dealkylation sites (tertiary alicyclic amines) is 2. The number of carbonyl (C=O) groups excluding carboxylic acids is 2. The molecule has 2 aliphatic rings. The molecule has 170 valence electrons. The van der Waals surface area contributed by atoms with Crippen molar-refractivity contribution in [1.29, 1.82) is 0 Å². The van der Waals surface area contributed by atoms with Crippen LogP contribution in [-0.2, 0) is 11.3 Å². The summed E-state index contributed by atoms with van der Waals surface area (Å²) in [6.45, 7) is 5.68. The topological polar surface area (TPSA) is 79.7 Å². The minimum absolute atomic E-state index is 0.140. The van der Waals surface area contributed by atoms with E-state index in [9.17, 15) is 9.59 Å². The summed E-state index contributed by atoms with van der Waals surface area (Å²) < 4.78 is 7.28. The molecule has 5 rings (SSSR count). The van der Waals surface area contributed by atoms with Gasteiger partial charge in [-0.1, -0.05) is 30.3 Å². The minimum Gasteiger partial charge on any atom is -0.457 e. The van der Waals surface area contributed by atoms with E-state index in [0.29, 0.717) is 17.7 Å². The monoisotopic (exact) mass is 445 g/mol. The van der Waals surface area contributed by atoms with Gasteiger partial charge in [-0.2, -0.15) is 4.68 Å². The molecule has 0 saturated carbocycles. The Morgan fingerprint density at radius 1 is 0.970 bits per heavy atom. The van der Waals surface area contributed by atoms with Gasteiger partial charge in [-0.15, -0.1) is 5.10 Å². The number of carbonyl (C=O) groups is 2. The Morgan fingerprint density at radius 3 is 2.42 bits per heavy atom. The molecule has 0 bridgehead atoms. The minimum atomic E-state index is -0.208. The zero-order valence-electron chi connectivity index (χ0n) is 18.6. The van der Waals surface area contributed by atoms with Crippen LogP contribution in [0.4, 0.5) is 10.6 Å². The highest BCUT2D eigenvalue weighted by molar-refractivity contribution is 5.88. The predicted molar refractivity (Wildman–Crippen MR) is 124 cm³/mol. The summed E-state index contributed by atoms with van der Waals surface area (Å²) in [7, 11) is 0. The Hall–Kier alpha value is -3.65. The lowest BCUT2D eigenvalue weighted by molar-refractivity contribution is -0.114. The Balaban J connectivity index is 1.15. The summed E-state index contributed by atoms with van der Waals surface area (Å²) in [4.78, 5) is 28.3. The smallest absolute Gasteiger partial charge is 0.344 e. The fourth-order valence-electron chi connectivity index (χ4n) is 4.79. The fourth-order valence-corrected chi connectivity index (χ4v) is 4.79. The number of rotatable bonds is 5. The number of nitrogens with zero attached hydrogens (tertiary/aromatic N) is 4. The molecule has 2 aromatic carbocycles. The number of anilines is 1. The van der Waals surface area contributed by atoms with E-state index in [0.717, 1.165) is 44.2 Å². The molecule has 2 amide bonds. The second-order valence-corrected chi connectivity index (χ2v) is 8.79. The Morgan fingerprint density at radius 2 is 1.70 bits per heavy atom. The number of nitrogens with one attached hydrogen (secondary N) is 1. The third-order valence-corrected chi connectivity index (χ3v) is 6.21. The zero-order valence-corrected chi connectivity index (χ0v) is 18.6. The summed E-state index contributed by atoms with van der Waals surface area (Å²) in [5.74, 6) is 2.77. The van der Waals surface area contributed by atoms with E-state index in [1.807, 2.05) is 47.4 Å². The summed E-state index contributed by atoms with van der Waals surface area (Å²) >= 11 is 0. The molecule has 2 atom stereocenters. The van der Waals surface area contributed by atoms with Crippen molar-refractivity contribution < 1.29 is 14.3 Å². The third kappa shape index (κ3) is 4.90. The molecule has 33 heavy (non-hydrogen) atoms. The molecule has 0 radical (unpaired) electrons. The van der Waals surface area contributed by atoms with Gasteiger partial charge in [-0.25, -0.2) is 4.79 Å². The van der Waals surface area contributed by atoms with Gasteiger partial charge in [0.05, 0.1) is 0 Å². The number of hydrogen-bond acceptors (Lipinski definition) is 5. The SMILES string of the molecule is CC(=O)Nc1ccn(C(=O)N2CC3CN(Cc4cccc(Oc5ccccc5)c4)CC3C2)n1. The lowest BCUT2D eigenvalue weighted by Gasteiger charge is -2.21. The highest BCUT2D eigenvalue weighted by Crippen LogP contribution is 2.33. The van der Waals surface area contributed by atoms with E-state index in [4.69, 9.17) is 4.74 Å². The van der Waals surface area contributed by atoms with Crippen LogP contribution in [0.15, 0.2) is 66.9 Å². The maximum Gasteiger partial charge on any atom is 0.344 e. The predicted octanol–water partition coefficient (Wildman–Crippen LogP) is 3.67. The first kappa shape index (κ1) is 21.2. The molecule has 0 aliphatic carbocycles. The number of benzene rings is 2. The Bertz CT molecular complexity index is 1130. The van der Waals surface area contributed by atoms with Gasteiger partial charge in [-0.05, 0) is 41.7 Å². The standard InChI is InChI=1S/C25H27N5O3/c1-18(31)26-24-10-11-30(27-24)25(32)29-16-20-14-28(15-21(20)17-29)13-19-6-5-9-23(12-19)33-22-7-3-2-4-8-22/h2-12,20-21H,13-17H2,1H3,(H,26,27,31). The number of aromatic nitrogens is 2. The lowest BCUT2D eigenvalue weighted by Crippen LogP contribution is -2.36. The van der Waals surface area contributed by atoms with E-state index < -0.39 is 0 Å². The van der Waals surface area contributed by atoms with Crippen molar-refractivity contribution in [3.05, 3.63) is 72.4 Å². The molecule has 1 N–H and O–H groups in total. The molecule has 2 aliphatic heterocycles. The summed E-state index contributed by atoms with van der Waals surface area (Å²) in [6, 6.07) is 19.5. The molecule has 8 nitrogen and oxygen atoms in total. The zero-order chi connectivity index (χ0) is 22.8. The van der Waals surface area contributed by atoms with Gasteiger partial charge in [-0.3, -0.25) is 9.69 Å². The molecule has 2 unspecified atom stereocenters. The molecule has 2 saturated heterocycles. The van der Waals surface area contributed by atoms with Crippen molar-refractivity contribution in [2.75, 3.05) is 31.5 Å². The maximum atomic E-state index is 12.8. The van der Waals surface area contributed by atoms with Crippen molar-refractivity contribution in [2.45, 2.75) is 13.5 Å². The molecular weight excluding hydrogens is 418 g/mol. The highest BCUT2D eigenvalue weighted by atomic mass is 16.5. The molecule has 3 aromatic rings. The van der Waals surface area contributed by atoms with Crippen LogP contribution in [-0.4, -0.2) is 57.7 Å². The van der Waals surface area contributed by atoms with Crippen LogP contribution in [0.3, 0.4) is 0 Å². The first-order chi connectivity index (χ1) is 16.0. The molecule has 2 fully saturated rings. The largest absolute Gasteiger partial charge is 0.457 e. The van der Waals surface area contributed by atoms with Gasteiger partial charge in [0.2, 0.25) is 5.91 Å². The first-order valence-electron chi connectivity index (χ1n) is 11.2. The van der Waals surface area contributed by atoms with E-state index in [1.165, 1.54) is 17.2 Å². The Kier molecular flexibility index (Phi) is 5.83. The van der Waals surface area contributed by atoms with Gasteiger partial charge in [0, 0.05) is 51.9 Å². The first-order valence-corrected chi connectivity index (χ1v) is 11.2. The number of ether oxygens (including phenoxy) is 1. The molecule has 0 spiro atoms. The van der Waals surface area contributed by atoms with Crippen LogP contribution >= 0.6 is 0 Å². The van der Waals surface area contributed by atoms with Gasteiger partial charge in [0.25, 0.3) is 0 Å². The average molecular weight is 446 g/mol. The molecule has 8 heteroatoms. The number of amides is 2. The van der Waals surface area contributed by atoms with E-state index in [-0.39, 0.29) is 11.9 Å². The number of fused-ring (bicyclic) bond motifs is 1. The van der Waals surface area contributed by atoms with E-state index >= 15 is 0 Å². The summed E-state index contributed by atoms with van der Waals surface area (Å²) in [5.41, 5.74) is 1.22. The fraction of sp³-hybridized carbons (Fsp3) is 0.320. The van der Waals surface area contributed by atoms with E-state index in [2.05, 4.69) is 27.4 Å². The highest BCUT2D eigenvalue weighted by Gasteiger charge is 2.41. The van der Waals surface area contributed by atoms with Crippen LogP contribution in [0.1, 0.15) is 12.5 Å². The van der Waals surface area contributed by atoms with Crippen LogP contribution in [0.25, 0.3) is 0 Å². The second-order valence-electron chi connectivity index (χ2n) is 8.79. The molecular formula is C25H27N5O3. The summed E-state index contributed by atoms with van der Waals surface area (Å²) in [6.07, 6.45) is 1.60. The normalized spacial score (nSPS) is 20.0. The van der Waals surface area contributed by atoms with Gasteiger partial charge >= 0.3 is 6.03 Å². The van der Waals surface area contributed by atoms with Gasteiger partial charge in [0.1, 0.15) is 11.5 Å². The third-order valence-electron chi connectivity index (χ3n) is 6.21. The van der Waals surface area contributed by atoms with Crippen molar-refractivity contribution in [3.8, 4) is 11.5 Å². The number of para-hydroxylation sites is 1. The van der Waals surface area contributed by atoms with Crippen molar-refractivity contribution in [1.82, 2.24) is 19.6 Å². The molecule has 1 aromatic heterocycles. The summed E-state index contributed by atoms with van der Waals surface area (Å²) in [5, 5.41) is 6.77. The maximum absolute atomic E-state index is 12.8. The van der Waals surface area contributed by atoms with Crippen LogP contribution < -0.4 is 10.1 Å². The number of hydrogen-bond donors (Lipinski definition) is 1. The van der Waals surface area contributed by atoms with E-state index in [1.54, 1.807) is 12.3 Å². The van der Waals surface area contributed by atoms with Crippen LogP contribution in [0.2, 0.25) is 0 Å².